The zero-order valence-corrected chi connectivity index (χ0v) is 11.5. The van der Waals surface area contributed by atoms with Gasteiger partial charge < -0.3 is 20.8 Å². The molecule has 106 valence electrons. The smallest absolute Gasteiger partial charge is 0.257 e. The van der Waals surface area contributed by atoms with Crippen LogP contribution in [0, 0.1) is 0 Å². The second-order valence-corrected chi connectivity index (χ2v) is 4.69. The number of benzene rings is 2. The van der Waals surface area contributed by atoms with Gasteiger partial charge in [-0.05, 0) is 30.3 Å². The Bertz CT molecular complexity index is 808. The Kier molecular flexibility index (Phi) is 3.23. The number of methoxy groups -OCH3 is 1. The summed E-state index contributed by atoms with van der Waals surface area (Å²) in [5.74, 6) is 0.496. The van der Waals surface area contributed by atoms with Gasteiger partial charge in [0.05, 0.1) is 12.7 Å². The monoisotopic (exact) mass is 281 g/mol. The number of aromatic nitrogens is 1. The van der Waals surface area contributed by atoms with Crippen LogP contribution in [0.2, 0.25) is 0 Å². The average Bonchev–Trinajstić information content (AvgIpc) is 2.90. The minimum absolute atomic E-state index is 0.194. The van der Waals surface area contributed by atoms with Crippen LogP contribution in [0.25, 0.3) is 10.9 Å². The van der Waals surface area contributed by atoms with E-state index in [1.54, 1.807) is 31.5 Å². The number of aromatic amines is 1. The van der Waals surface area contributed by atoms with Crippen molar-refractivity contribution < 1.29 is 9.53 Å². The van der Waals surface area contributed by atoms with Crippen LogP contribution in [0.1, 0.15) is 10.4 Å². The van der Waals surface area contributed by atoms with Crippen LogP contribution in [-0.4, -0.2) is 18.0 Å². The molecule has 0 spiro atoms. The topological polar surface area (TPSA) is 80.1 Å². The molecule has 0 atom stereocenters. The number of anilines is 2. The quantitative estimate of drug-likeness (QED) is 0.645. The van der Waals surface area contributed by atoms with Crippen molar-refractivity contribution in [1.82, 2.24) is 4.98 Å². The molecule has 5 heteroatoms. The summed E-state index contributed by atoms with van der Waals surface area (Å²) in [7, 11) is 1.59. The molecule has 0 fully saturated rings. The Hall–Kier alpha value is -2.95. The standard InChI is InChI=1S/C16H15N3O2/c1-21-12-4-2-3-11(8-12)19-16(20)14-9-18-15-6-5-10(17)7-13(14)15/h2-9,18H,17H2,1H3,(H,19,20). The van der Waals surface area contributed by atoms with Gasteiger partial charge in [0.25, 0.3) is 5.91 Å². The fraction of sp³-hybridized carbons (Fsp3) is 0.0625. The Morgan fingerprint density at radius 1 is 1.24 bits per heavy atom. The highest BCUT2D eigenvalue weighted by atomic mass is 16.5. The molecule has 0 aliphatic heterocycles. The van der Waals surface area contributed by atoms with Crippen molar-refractivity contribution in [2.24, 2.45) is 0 Å². The largest absolute Gasteiger partial charge is 0.497 e. The summed E-state index contributed by atoms with van der Waals surface area (Å²) in [6.07, 6.45) is 1.68. The van der Waals surface area contributed by atoms with Gasteiger partial charge in [-0.15, -0.1) is 0 Å². The lowest BCUT2D eigenvalue weighted by atomic mass is 10.1. The van der Waals surface area contributed by atoms with Gasteiger partial charge >= 0.3 is 0 Å². The van der Waals surface area contributed by atoms with Crippen LogP contribution in [0.5, 0.6) is 5.75 Å². The van der Waals surface area contributed by atoms with Crippen molar-refractivity contribution in [2.45, 2.75) is 0 Å². The molecule has 0 bridgehead atoms. The van der Waals surface area contributed by atoms with E-state index in [0.717, 1.165) is 10.9 Å². The highest BCUT2D eigenvalue weighted by Gasteiger charge is 2.12. The van der Waals surface area contributed by atoms with E-state index in [9.17, 15) is 4.79 Å². The summed E-state index contributed by atoms with van der Waals surface area (Å²) in [5.41, 5.74) is 8.51. The van der Waals surface area contributed by atoms with Crippen LogP contribution in [0.3, 0.4) is 0 Å². The van der Waals surface area contributed by atoms with E-state index < -0.39 is 0 Å². The van der Waals surface area contributed by atoms with Crippen molar-refractivity contribution in [3.63, 3.8) is 0 Å². The Balaban J connectivity index is 1.91. The predicted molar refractivity (Wildman–Crippen MR) is 83.7 cm³/mol. The molecule has 1 aromatic heterocycles. The van der Waals surface area contributed by atoms with Gasteiger partial charge in [-0.1, -0.05) is 6.07 Å². The highest BCUT2D eigenvalue weighted by Crippen LogP contribution is 2.23. The summed E-state index contributed by atoms with van der Waals surface area (Å²) >= 11 is 0. The number of carbonyl (C=O) groups excluding carboxylic acids is 1. The molecule has 0 saturated carbocycles. The molecular formula is C16H15N3O2. The van der Waals surface area contributed by atoms with Gasteiger partial charge in [-0.3, -0.25) is 4.79 Å². The fourth-order valence-electron chi connectivity index (χ4n) is 2.23. The van der Waals surface area contributed by atoms with Crippen molar-refractivity contribution in [3.05, 3.63) is 54.2 Å². The van der Waals surface area contributed by atoms with Gasteiger partial charge in [-0.2, -0.15) is 0 Å². The summed E-state index contributed by atoms with van der Waals surface area (Å²) in [6, 6.07) is 12.6. The van der Waals surface area contributed by atoms with E-state index in [-0.39, 0.29) is 5.91 Å². The van der Waals surface area contributed by atoms with Gasteiger partial charge in [0, 0.05) is 34.5 Å². The number of nitrogens with one attached hydrogen (secondary N) is 2. The summed E-state index contributed by atoms with van der Waals surface area (Å²) in [5, 5.41) is 3.65. The molecule has 1 amide bonds. The van der Waals surface area contributed by atoms with Crippen LogP contribution in [-0.2, 0) is 0 Å². The zero-order chi connectivity index (χ0) is 14.8. The fourth-order valence-corrected chi connectivity index (χ4v) is 2.23. The normalized spacial score (nSPS) is 10.5. The number of carbonyl (C=O) groups is 1. The van der Waals surface area contributed by atoms with Crippen LogP contribution in [0.4, 0.5) is 11.4 Å². The van der Waals surface area contributed by atoms with E-state index in [1.807, 2.05) is 24.3 Å². The van der Waals surface area contributed by atoms with Crippen LogP contribution >= 0.6 is 0 Å². The minimum atomic E-state index is -0.194. The summed E-state index contributed by atoms with van der Waals surface area (Å²) < 4.78 is 5.14. The number of H-pyrrole nitrogens is 1. The van der Waals surface area contributed by atoms with Crippen molar-refractivity contribution in [2.75, 3.05) is 18.2 Å². The molecule has 0 radical (unpaired) electrons. The second-order valence-electron chi connectivity index (χ2n) is 4.69. The van der Waals surface area contributed by atoms with Gasteiger partial charge in [0.2, 0.25) is 0 Å². The zero-order valence-electron chi connectivity index (χ0n) is 11.5. The maximum absolute atomic E-state index is 12.4. The van der Waals surface area contributed by atoms with Crippen LogP contribution < -0.4 is 15.8 Å². The number of ether oxygens (including phenoxy) is 1. The number of nitrogen functional groups attached to an aromatic ring is 1. The molecule has 5 nitrogen and oxygen atoms in total. The Morgan fingerprint density at radius 3 is 2.90 bits per heavy atom. The van der Waals surface area contributed by atoms with E-state index in [2.05, 4.69) is 10.3 Å². The van der Waals surface area contributed by atoms with Gasteiger partial charge in [0.15, 0.2) is 0 Å². The third-order valence-corrected chi connectivity index (χ3v) is 3.28. The Labute approximate surface area is 121 Å². The number of nitrogens with two attached hydrogens (primary N) is 1. The number of hydrogen-bond donors (Lipinski definition) is 3. The third-order valence-electron chi connectivity index (χ3n) is 3.28. The molecule has 0 aliphatic carbocycles. The summed E-state index contributed by atoms with van der Waals surface area (Å²) in [4.78, 5) is 15.5. The molecule has 3 aromatic rings. The molecule has 0 saturated heterocycles. The lowest BCUT2D eigenvalue weighted by molar-refractivity contribution is 0.102. The first-order chi connectivity index (χ1) is 10.2. The molecule has 4 N–H and O–H groups in total. The van der Waals surface area contributed by atoms with E-state index in [0.29, 0.717) is 22.7 Å². The minimum Gasteiger partial charge on any atom is -0.497 e. The first kappa shape index (κ1) is 13.1. The van der Waals surface area contributed by atoms with Gasteiger partial charge in [-0.25, -0.2) is 0 Å². The number of rotatable bonds is 3. The lowest BCUT2D eigenvalue weighted by Gasteiger charge is -2.06. The SMILES string of the molecule is COc1cccc(NC(=O)c2c[nH]c3ccc(N)cc23)c1. The number of amides is 1. The highest BCUT2D eigenvalue weighted by molar-refractivity contribution is 6.13. The van der Waals surface area contributed by atoms with Gasteiger partial charge in [0.1, 0.15) is 5.75 Å². The molecule has 21 heavy (non-hydrogen) atoms. The van der Waals surface area contributed by atoms with E-state index >= 15 is 0 Å². The maximum atomic E-state index is 12.4. The summed E-state index contributed by atoms with van der Waals surface area (Å²) in [6.45, 7) is 0. The average molecular weight is 281 g/mol. The lowest BCUT2D eigenvalue weighted by Crippen LogP contribution is -2.11. The second kappa shape index (κ2) is 5.20. The van der Waals surface area contributed by atoms with Crippen molar-refractivity contribution >= 4 is 28.2 Å². The predicted octanol–water partition coefficient (Wildman–Crippen LogP) is 3.01. The maximum Gasteiger partial charge on any atom is 0.257 e. The first-order valence-corrected chi connectivity index (χ1v) is 6.49. The first-order valence-electron chi connectivity index (χ1n) is 6.49. The van der Waals surface area contributed by atoms with Crippen molar-refractivity contribution in [1.29, 1.82) is 0 Å². The molecule has 0 unspecified atom stereocenters. The van der Waals surface area contributed by atoms with E-state index in [4.69, 9.17) is 10.5 Å². The number of hydrogen-bond acceptors (Lipinski definition) is 3. The van der Waals surface area contributed by atoms with Crippen LogP contribution in [0.15, 0.2) is 48.7 Å². The molecule has 0 aliphatic rings. The third kappa shape index (κ3) is 2.53. The van der Waals surface area contributed by atoms with Crippen molar-refractivity contribution in [3.8, 4) is 5.75 Å². The molecule has 2 aromatic carbocycles. The molecule has 1 heterocycles. The van der Waals surface area contributed by atoms with E-state index in [1.165, 1.54) is 0 Å². The number of fused-ring (bicyclic) bond motifs is 1. The molecular weight excluding hydrogens is 266 g/mol. The molecule has 3 rings (SSSR count). The Morgan fingerprint density at radius 2 is 2.10 bits per heavy atom.